The van der Waals surface area contributed by atoms with E-state index in [1.807, 2.05) is 5.32 Å². The summed E-state index contributed by atoms with van der Waals surface area (Å²) in [7, 11) is -4.84. The van der Waals surface area contributed by atoms with E-state index in [2.05, 4.69) is 4.52 Å². The fraction of sp³-hybridized carbons (Fsp3) is 0.615. The SMILES string of the molecule is NC(C=O)CCC(=O)N[C@@H](COP(=O)(O)N[C@@H](CCC(=O)O)C(=O)O)C(=O)O. The molecular formula is C13H22N3O11P. The maximum Gasteiger partial charge on any atom is 0.403 e. The molecule has 0 radical (unpaired) electrons. The van der Waals surface area contributed by atoms with Crippen molar-refractivity contribution in [2.45, 2.75) is 43.8 Å². The summed E-state index contributed by atoms with van der Waals surface area (Å²) in [6.45, 7) is -0.993. The molecule has 28 heavy (non-hydrogen) atoms. The Morgan fingerprint density at radius 2 is 1.61 bits per heavy atom. The minimum absolute atomic E-state index is 0.0492. The molecule has 0 saturated heterocycles. The number of amides is 1. The topological polar surface area (TPSA) is 243 Å². The van der Waals surface area contributed by atoms with Gasteiger partial charge in [0, 0.05) is 12.8 Å². The van der Waals surface area contributed by atoms with Crippen LogP contribution in [0.2, 0.25) is 0 Å². The normalized spacial score (nSPS) is 16.2. The first-order valence-corrected chi connectivity index (χ1v) is 9.38. The fourth-order valence-electron chi connectivity index (χ4n) is 1.73. The van der Waals surface area contributed by atoms with Gasteiger partial charge in [-0.2, -0.15) is 0 Å². The number of carboxylic acid groups (broad SMARTS) is 3. The van der Waals surface area contributed by atoms with Crippen molar-refractivity contribution in [1.29, 1.82) is 0 Å². The molecule has 0 saturated carbocycles. The quantitative estimate of drug-likeness (QED) is 0.109. The summed E-state index contributed by atoms with van der Waals surface area (Å²) in [6.07, 6.45) is -1.07. The number of carbonyl (C=O) groups is 5. The average molecular weight is 427 g/mol. The van der Waals surface area contributed by atoms with Crippen LogP contribution in [0.25, 0.3) is 0 Å². The predicted molar refractivity (Wildman–Crippen MR) is 90.0 cm³/mol. The van der Waals surface area contributed by atoms with Gasteiger partial charge in [0.2, 0.25) is 5.91 Å². The first-order chi connectivity index (χ1) is 12.9. The molecule has 1 amide bonds. The molecule has 160 valence electrons. The third-order valence-electron chi connectivity index (χ3n) is 3.19. The minimum Gasteiger partial charge on any atom is -0.481 e. The molecule has 8 N–H and O–H groups in total. The van der Waals surface area contributed by atoms with Crippen molar-refractivity contribution >= 4 is 37.8 Å². The number of rotatable bonds is 15. The summed E-state index contributed by atoms with van der Waals surface area (Å²) in [5, 5.41) is 30.2. The number of hydrogen-bond acceptors (Lipinski definition) is 8. The van der Waals surface area contributed by atoms with Crippen LogP contribution in [0.15, 0.2) is 0 Å². The Morgan fingerprint density at radius 1 is 1.04 bits per heavy atom. The van der Waals surface area contributed by atoms with Crippen LogP contribution in [0.1, 0.15) is 25.7 Å². The first kappa shape index (κ1) is 25.6. The van der Waals surface area contributed by atoms with E-state index in [0.29, 0.717) is 6.29 Å². The maximum absolute atomic E-state index is 11.9. The second-order valence-corrected chi connectivity index (χ2v) is 7.12. The lowest BCUT2D eigenvalue weighted by atomic mass is 10.2. The van der Waals surface area contributed by atoms with Gasteiger partial charge in [0.25, 0.3) is 0 Å². The fourth-order valence-corrected chi connectivity index (χ4v) is 2.79. The van der Waals surface area contributed by atoms with Crippen molar-refractivity contribution in [2.24, 2.45) is 5.73 Å². The minimum atomic E-state index is -4.84. The van der Waals surface area contributed by atoms with E-state index in [1.165, 1.54) is 0 Å². The second-order valence-electron chi connectivity index (χ2n) is 5.57. The van der Waals surface area contributed by atoms with E-state index in [0.717, 1.165) is 0 Å². The van der Waals surface area contributed by atoms with Gasteiger partial charge in [-0.15, -0.1) is 0 Å². The molecule has 0 aliphatic carbocycles. The molecule has 0 bridgehead atoms. The highest BCUT2D eigenvalue weighted by molar-refractivity contribution is 7.50. The van der Waals surface area contributed by atoms with Gasteiger partial charge >= 0.3 is 25.7 Å². The van der Waals surface area contributed by atoms with Crippen LogP contribution in [0.5, 0.6) is 0 Å². The van der Waals surface area contributed by atoms with E-state index >= 15 is 0 Å². The third-order valence-corrected chi connectivity index (χ3v) is 4.33. The highest BCUT2D eigenvalue weighted by atomic mass is 31.2. The smallest absolute Gasteiger partial charge is 0.403 e. The van der Waals surface area contributed by atoms with Crippen molar-refractivity contribution in [3.8, 4) is 0 Å². The van der Waals surface area contributed by atoms with E-state index in [1.54, 1.807) is 5.09 Å². The highest BCUT2D eigenvalue weighted by Crippen LogP contribution is 2.38. The Kier molecular flexibility index (Phi) is 11.1. The Morgan fingerprint density at radius 3 is 2.07 bits per heavy atom. The molecule has 0 aromatic heterocycles. The van der Waals surface area contributed by atoms with Gasteiger partial charge < -0.3 is 36.1 Å². The Hall–Kier alpha value is -2.38. The van der Waals surface area contributed by atoms with Gasteiger partial charge in [-0.05, 0) is 12.8 Å². The lowest BCUT2D eigenvalue weighted by Gasteiger charge is -2.21. The van der Waals surface area contributed by atoms with Crippen molar-refractivity contribution in [1.82, 2.24) is 10.4 Å². The molecule has 4 atom stereocenters. The van der Waals surface area contributed by atoms with Crippen molar-refractivity contribution in [3.63, 3.8) is 0 Å². The summed E-state index contributed by atoms with van der Waals surface area (Å²) in [5.74, 6) is -5.36. The second kappa shape index (κ2) is 12.2. The molecule has 0 spiro atoms. The summed E-state index contributed by atoms with van der Waals surface area (Å²) in [6, 6.07) is -4.40. The van der Waals surface area contributed by atoms with Crippen molar-refractivity contribution in [2.75, 3.05) is 6.61 Å². The average Bonchev–Trinajstić information content (AvgIpc) is 2.59. The van der Waals surface area contributed by atoms with Crippen LogP contribution in [-0.4, -0.2) is 75.0 Å². The summed E-state index contributed by atoms with van der Waals surface area (Å²) in [4.78, 5) is 64.2. The summed E-state index contributed by atoms with van der Waals surface area (Å²) in [5.41, 5.74) is 5.29. The zero-order chi connectivity index (χ0) is 21.9. The van der Waals surface area contributed by atoms with Gasteiger partial charge in [0.05, 0.1) is 12.6 Å². The van der Waals surface area contributed by atoms with Gasteiger partial charge in [0.1, 0.15) is 12.3 Å². The number of hydrogen-bond donors (Lipinski definition) is 7. The number of aldehydes is 1. The number of nitrogens with one attached hydrogen (secondary N) is 2. The molecule has 14 nitrogen and oxygen atoms in total. The van der Waals surface area contributed by atoms with Gasteiger partial charge in [-0.25, -0.2) is 14.4 Å². The summed E-state index contributed by atoms with van der Waals surface area (Å²) >= 11 is 0. The molecule has 0 rings (SSSR count). The molecule has 15 heteroatoms. The molecule has 0 heterocycles. The monoisotopic (exact) mass is 427 g/mol. The van der Waals surface area contributed by atoms with Crippen LogP contribution in [-0.2, 0) is 33.1 Å². The van der Waals surface area contributed by atoms with Crippen LogP contribution in [0.4, 0.5) is 0 Å². The van der Waals surface area contributed by atoms with Gasteiger partial charge in [0.15, 0.2) is 6.04 Å². The van der Waals surface area contributed by atoms with E-state index < -0.39 is 69.1 Å². The maximum atomic E-state index is 11.9. The Balaban J connectivity index is 4.77. The molecule has 0 aliphatic rings. The molecular weight excluding hydrogens is 405 g/mol. The molecule has 0 aromatic rings. The highest BCUT2D eigenvalue weighted by Gasteiger charge is 2.31. The molecule has 0 fully saturated rings. The van der Waals surface area contributed by atoms with E-state index in [-0.39, 0.29) is 12.8 Å². The molecule has 0 aliphatic heterocycles. The van der Waals surface area contributed by atoms with E-state index in [4.69, 9.17) is 21.1 Å². The number of carboxylic acids is 3. The standard InChI is InChI=1S/C13H22N3O11P/c14-7(5-17)1-3-10(18)15-9(13(23)24)6-27-28(25,26)16-8(12(21)22)2-4-11(19)20/h5,7-9H,1-4,6,14H2,(H,15,18)(H,19,20)(H,21,22)(H,23,24)(H2,16,25,26)/t7?,8-,9-/m0/s1. The van der Waals surface area contributed by atoms with Crippen LogP contribution < -0.4 is 16.1 Å². The zero-order valence-electron chi connectivity index (χ0n) is 14.5. The first-order valence-electron chi connectivity index (χ1n) is 7.80. The number of aliphatic carboxylic acids is 3. The lowest BCUT2D eigenvalue weighted by molar-refractivity contribution is -0.143. The Labute approximate surface area is 158 Å². The largest absolute Gasteiger partial charge is 0.481 e. The van der Waals surface area contributed by atoms with Crippen LogP contribution >= 0.6 is 7.75 Å². The van der Waals surface area contributed by atoms with Crippen molar-refractivity contribution < 1.29 is 53.3 Å². The predicted octanol–water partition coefficient (Wildman–Crippen LogP) is -2.11. The lowest BCUT2D eigenvalue weighted by Crippen LogP contribution is -2.44. The van der Waals surface area contributed by atoms with Gasteiger partial charge in [-0.3, -0.25) is 18.9 Å². The van der Waals surface area contributed by atoms with Crippen molar-refractivity contribution in [3.05, 3.63) is 0 Å². The molecule has 2 unspecified atom stereocenters. The zero-order valence-corrected chi connectivity index (χ0v) is 15.4. The van der Waals surface area contributed by atoms with E-state index in [9.17, 15) is 33.4 Å². The van der Waals surface area contributed by atoms with Crippen LogP contribution in [0, 0.1) is 0 Å². The third kappa shape index (κ3) is 11.4. The summed E-state index contributed by atoms with van der Waals surface area (Å²) < 4.78 is 16.4. The molecule has 0 aromatic carbocycles. The van der Waals surface area contributed by atoms with Crippen LogP contribution in [0.3, 0.4) is 0 Å². The Bertz CT molecular complexity index is 641. The number of nitrogens with two attached hydrogens (primary N) is 1. The number of carbonyl (C=O) groups excluding carboxylic acids is 2. The van der Waals surface area contributed by atoms with Gasteiger partial charge in [-0.1, -0.05) is 0 Å².